The summed E-state index contributed by atoms with van der Waals surface area (Å²) in [6.07, 6.45) is 2.69. The molecule has 1 aromatic carbocycles. The van der Waals surface area contributed by atoms with Gasteiger partial charge in [0.05, 0.1) is 12.6 Å². The van der Waals surface area contributed by atoms with Gasteiger partial charge in [-0.25, -0.2) is 5.01 Å². The number of hydrazone groups is 1. The first-order chi connectivity index (χ1) is 11.5. The van der Waals surface area contributed by atoms with Gasteiger partial charge in [0, 0.05) is 22.2 Å². The first-order valence-electron chi connectivity index (χ1n) is 8.53. The number of rotatable bonds is 7. The van der Waals surface area contributed by atoms with Crippen LogP contribution in [0.2, 0.25) is 0 Å². The van der Waals surface area contributed by atoms with Crippen molar-refractivity contribution in [2.45, 2.75) is 46.1 Å². The van der Waals surface area contributed by atoms with Gasteiger partial charge in [-0.3, -0.25) is 9.69 Å². The van der Waals surface area contributed by atoms with Gasteiger partial charge in [-0.05, 0) is 51.1 Å². The molecule has 0 saturated heterocycles. The maximum Gasteiger partial charge on any atom is 0.257 e. The summed E-state index contributed by atoms with van der Waals surface area (Å²) in [6.45, 7) is 8.34. The third kappa shape index (κ3) is 4.57. The molecule has 24 heavy (non-hydrogen) atoms. The SMILES string of the molecule is CCCN(CCC)CC(=O)N1N=C(C)CC1c1cc(Br)ccc1O. The number of carbonyl (C=O) groups is 1. The Morgan fingerprint density at radius 2 is 2.04 bits per heavy atom. The Bertz CT molecular complexity index is 612. The molecule has 0 fully saturated rings. The molecule has 1 N–H and O–H groups in total. The fourth-order valence-electron chi connectivity index (χ4n) is 3.09. The second kappa shape index (κ2) is 8.62. The third-order valence-electron chi connectivity index (χ3n) is 4.11. The number of amides is 1. The van der Waals surface area contributed by atoms with Crippen molar-refractivity contribution in [1.82, 2.24) is 9.91 Å². The van der Waals surface area contributed by atoms with E-state index in [2.05, 4.69) is 39.8 Å². The van der Waals surface area contributed by atoms with Gasteiger partial charge in [-0.15, -0.1) is 0 Å². The molecule has 6 heteroatoms. The summed E-state index contributed by atoms with van der Waals surface area (Å²) >= 11 is 3.44. The fourth-order valence-corrected chi connectivity index (χ4v) is 3.47. The van der Waals surface area contributed by atoms with Gasteiger partial charge in [-0.2, -0.15) is 5.10 Å². The zero-order valence-electron chi connectivity index (χ0n) is 14.6. The summed E-state index contributed by atoms with van der Waals surface area (Å²) in [5.74, 6) is 0.183. The number of hydrogen-bond donors (Lipinski definition) is 1. The molecule has 1 amide bonds. The van der Waals surface area contributed by atoms with Crippen molar-refractivity contribution in [1.29, 1.82) is 0 Å². The minimum absolute atomic E-state index is 0.0156. The van der Waals surface area contributed by atoms with E-state index in [0.717, 1.165) is 41.7 Å². The first-order valence-corrected chi connectivity index (χ1v) is 9.32. The van der Waals surface area contributed by atoms with E-state index in [1.807, 2.05) is 13.0 Å². The highest BCUT2D eigenvalue weighted by Crippen LogP contribution is 2.37. The highest BCUT2D eigenvalue weighted by Gasteiger charge is 2.33. The first kappa shape index (κ1) is 18.9. The smallest absolute Gasteiger partial charge is 0.257 e. The molecule has 0 spiro atoms. The summed E-state index contributed by atoms with van der Waals surface area (Å²) in [4.78, 5) is 15.0. The molecule has 0 aliphatic carbocycles. The number of aromatic hydroxyl groups is 1. The highest BCUT2D eigenvalue weighted by molar-refractivity contribution is 9.10. The van der Waals surface area contributed by atoms with Crippen molar-refractivity contribution in [3.63, 3.8) is 0 Å². The molecule has 132 valence electrons. The molecule has 1 aliphatic rings. The van der Waals surface area contributed by atoms with Crippen LogP contribution in [-0.2, 0) is 4.79 Å². The molecule has 0 radical (unpaired) electrons. The zero-order valence-corrected chi connectivity index (χ0v) is 16.2. The van der Waals surface area contributed by atoms with E-state index < -0.39 is 0 Å². The van der Waals surface area contributed by atoms with Crippen LogP contribution in [0.4, 0.5) is 0 Å². The monoisotopic (exact) mass is 395 g/mol. The number of nitrogens with zero attached hydrogens (tertiary/aromatic N) is 3. The zero-order chi connectivity index (χ0) is 17.7. The Morgan fingerprint density at radius 3 is 2.67 bits per heavy atom. The van der Waals surface area contributed by atoms with Crippen molar-refractivity contribution >= 4 is 27.5 Å². The molecule has 1 unspecified atom stereocenters. The molecule has 1 atom stereocenters. The van der Waals surface area contributed by atoms with E-state index in [0.29, 0.717) is 13.0 Å². The lowest BCUT2D eigenvalue weighted by atomic mass is 10.0. The van der Waals surface area contributed by atoms with Crippen LogP contribution in [0, 0.1) is 0 Å². The maximum atomic E-state index is 12.8. The number of halogens is 1. The van der Waals surface area contributed by atoms with Crippen LogP contribution in [0.15, 0.2) is 27.8 Å². The third-order valence-corrected chi connectivity index (χ3v) is 4.60. The molecule has 1 aliphatic heterocycles. The maximum absolute atomic E-state index is 12.8. The van der Waals surface area contributed by atoms with Gasteiger partial charge in [0.2, 0.25) is 0 Å². The van der Waals surface area contributed by atoms with Crippen LogP contribution in [0.25, 0.3) is 0 Å². The molecular weight excluding hydrogens is 370 g/mol. The van der Waals surface area contributed by atoms with E-state index in [9.17, 15) is 9.90 Å². The van der Waals surface area contributed by atoms with Crippen LogP contribution in [-0.4, -0.2) is 46.3 Å². The molecule has 0 bridgehead atoms. The second-order valence-electron chi connectivity index (χ2n) is 6.27. The standard InChI is InChI=1S/C18H26BrN3O2/c1-4-8-21(9-5-2)12-18(24)22-16(10-13(3)20-22)15-11-14(19)6-7-17(15)23/h6-7,11,16,23H,4-5,8-10,12H2,1-3H3. The quantitative estimate of drug-likeness (QED) is 0.760. The lowest BCUT2D eigenvalue weighted by molar-refractivity contribution is -0.134. The van der Waals surface area contributed by atoms with E-state index in [-0.39, 0.29) is 17.7 Å². The normalized spacial score (nSPS) is 17.5. The Labute approximate surface area is 152 Å². The molecule has 1 heterocycles. The topological polar surface area (TPSA) is 56.1 Å². The summed E-state index contributed by atoms with van der Waals surface area (Å²) in [7, 11) is 0. The second-order valence-corrected chi connectivity index (χ2v) is 7.19. The Hall–Kier alpha value is -1.40. The lowest BCUT2D eigenvalue weighted by Gasteiger charge is -2.27. The van der Waals surface area contributed by atoms with E-state index in [1.54, 1.807) is 17.1 Å². The van der Waals surface area contributed by atoms with E-state index >= 15 is 0 Å². The van der Waals surface area contributed by atoms with E-state index in [1.165, 1.54) is 0 Å². The molecule has 0 saturated carbocycles. The average Bonchev–Trinajstić information content (AvgIpc) is 2.92. The Morgan fingerprint density at radius 1 is 1.38 bits per heavy atom. The van der Waals surface area contributed by atoms with Crippen molar-refractivity contribution in [3.8, 4) is 5.75 Å². The molecule has 5 nitrogen and oxygen atoms in total. The van der Waals surface area contributed by atoms with Crippen LogP contribution in [0.1, 0.15) is 51.6 Å². The van der Waals surface area contributed by atoms with Crippen LogP contribution in [0.3, 0.4) is 0 Å². The predicted octanol–water partition coefficient (Wildman–Crippen LogP) is 3.93. The van der Waals surface area contributed by atoms with Gasteiger partial charge in [-0.1, -0.05) is 29.8 Å². The van der Waals surface area contributed by atoms with Gasteiger partial charge in [0.15, 0.2) is 0 Å². The summed E-state index contributed by atoms with van der Waals surface area (Å²) in [6, 6.07) is 5.07. The largest absolute Gasteiger partial charge is 0.508 e. The molecule has 0 aromatic heterocycles. The van der Waals surface area contributed by atoms with Gasteiger partial charge in [0.1, 0.15) is 5.75 Å². The lowest BCUT2D eigenvalue weighted by Crippen LogP contribution is -2.39. The van der Waals surface area contributed by atoms with Crippen molar-refractivity contribution in [3.05, 3.63) is 28.2 Å². The Kier molecular flexibility index (Phi) is 6.80. The molecule has 2 rings (SSSR count). The predicted molar refractivity (Wildman–Crippen MR) is 100 cm³/mol. The van der Waals surface area contributed by atoms with Gasteiger partial charge in [0.25, 0.3) is 5.91 Å². The molecular formula is C18H26BrN3O2. The number of carbonyl (C=O) groups excluding carboxylic acids is 1. The molecule has 1 aromatic rings. The Balaban J connectivity index is 2.19. The number of benzene rings is 1. The van der Waals surface area contributed by atoms with E-state index in [4.69, 9.17) is 0 Å². The van der Waals surface area contributed by atoms with Gasteiger partial charge >= 0.3 is 0 Å². The van der Waals surface area contributed by atoms with Crippen LogP contribution < -0.4 is 0 Å². The van der Waals surface area contributed by atoms with Crippen molar-refractivity contribution in [2.75, 3.05) is 19.6 Å². The number of phenols is 1. The van der Waals surface area contributed by atoms with Gasteiger partial charge < -0.3 is 5.11 Å². The fraction of sp³-hybridized carbons (Fsp3) is 0.556. The van der Waals surface area contributed by atoms with Crippen molar-refractivity contribution < 1.29 is 9.90 Å². The highest BCUT2D eigenvalue weighted by atomic mass is 79.9. The minimum atomic E-state index is -0.236. The van der Waals surface area contributed by atoms with Crippen LogP contribution in [0.5, 0.6) is 5.75 Å². The summed E-state index contributed by atoms with van der Waals surface area (Å²) in [5, 5.41) is 16.2. The van der Waals surface area contributed by atoms with Crippen molar-refractivity contribution in [2.24, 2.45) is 5.10 Å². The average molecular weight is 396 g/mol. The number of phenolic OH excluding ortho intramolecular Hbond substituents is 1. The van der Waals surface area contributed by atoms with Crippen LogP contribution >= 0.6 is 15.9 Å². The minimum Gasteiger partial charge on any atom is -0.508 e. The summed E-state index contributed by atoms with van der Waals surface area (Å²) in [5.41, 5.74) is 1.64. The number of hydrogen-bond acceptors (Lipinski definition) is 4. The summed E-state index contributed by atoms with van der Waals surface area (Å²) < 4.78 is 0.880.